The Bertz CT molecular complexity index is 1280. The number of nitrogens with one attached hydrogen (secondary N) is 1. The van der Waals surface area contributed by atoms with Crippen molar-refractivity contribution < 1.29 is 4.79 Å². The van der Waals surface area contributed by atoms with E-state index in [0.29, 0.717) is 34.6 Å². The van der Waals surface area contributed by atoms with Gasteiger partial charge in [0.15, 0.2) is 0 Å². The van der Waals surface area contributed by atoms with Crippen LogP contribution in [0.25, 0.3) is 16.6 Å². The van der Waals surface area contributed by atoms with Crippen LogP contribution in [0.15, 0.2) is 65.8 Å². The van der Waals surface area contributed by atoms with Crippen molar-refractivity contribution in [1.29, 1.82) is 0 Å². The summed E-state index contributed by atoms with van der Waals surface area (Å²) in [4.78, 5) is 34.2. The normalized spacial score (nSPS) is 11.3. The molecule has 0 aliphatic carbocycles. The molecule has 1 aromatic carbocycles. The average Bonchev–Trinajstić information content (AvgIpc) is 2.79. The molecule has 3 aromatic heterocycles. The number of nitrogens with zero attached hydrogens (tertiary/aromatic N) is 3. The van der Waals surface area contributed by atoms with Gasteiger partial charge in [-0.3, -0.25) is 19.0 Å². The van der Waals surface area contributed by atoms with E-state index in [2.05, 4.69) is 35.2 Å². The van der Waals surface area contributed by atoms with Gasteiger partial charge in [0.1, 0.15) is 5.65 Å². The molecule has 6 nitrogen and oxygen atoms in total. The molecule has 0 unspecified atom stereocenters. The highest BCUT2D eigenvalue weighted by molar-refractivity contribution is 5.95. The average molecular weight is 415 g/mol. The first kappa shape index (κ1) is 20.7. The maximum absolute atomic E-state index is 12.9. The standard InChI is InChI=1S/C25H26N4O2/c1-17(2)19-8-9-22-21(14-19)25(31)29-13-10-20(15-23(29)28-22)24(30)27-12-4-3-6-18-7-5-11-26-16-18/h5,7-11,13-17H,3-4,6,12H2,1-2H3,(H,27,30). The van der Waals surface area contributed by atoms with Gasteiger partial charge in [0.2, 0.25) is 0 Å². The Hall–Kier alpha value is -3.54. The number of hydrogen-bond donors (Lipinski definition) is 1. The zero-order chi connectivity index (χ0) is 21.8. The highest BCUT2D eigenvalue weighted by Crippen LogP contribution is 2.19. The second kappa shape index (κ2) is 9.08. The van der Waals surface area contributed by atoms with Crippen LogP contribution in [0.4, 0.5) is 0 Å². The Labute approximate surface area is 181 Å². The number of hydrogen-bond acceptors (Lipinski definition) is 4. The summed E-state index contributed by atoms with van der Waals surface area (Å²) in [6.45, 7) is 4.79. The maximum Gasteiger partial charge on any atom is 0.265 e. The van der Waals surface area contributed by atoms with E-state index in [4.69, 9.17) is 0 Å². The number of amides is 1. The number of carbonyl (C=O) groups excluding carboxylic acids is 1. The molecule has 0 saturated heterocycles. The van der Waals surface area contributed by atoms with E-state index in [1.54, 1.807) is 24.5 Å². The molecular formula is C25H26N4O2. The predicted molar refractivity (Wildman–Crippen MR) is 123 cm³/mol. The Morgan fingerprint density at radius 3 is 2.77 bits per heavy atom. The van der Waals surface area contributed by atoms with Crippen molar-refractivity contribution in [2.45, 2.75) is 39.0 Å². The number of carbonyl (C=O) groups is 1. The fraction of sp³-hybridized carbons (Fsp3) is 0.280. The van der Waals surface area contributed by atoms with Gasteiger partial charge in [0.25, 0.3) is 11.5 Å². The number of unbranched alkanes of at least 4 members (excludes halogenated alkanes) is 1. The first-order valence-electron chi connectivity index (χ1n) is 10.7. The van der Waals surface area contributed by atoms with E-state index in [0.717, 1.165) is 24.8 Å². The zero-order valence-corrected chi connectivity index (χ0v) is 17.8. The fourth-order valence-corrected chi connectivity index (χ4v) is 3.63. The topological polar surface area (TPSA) is 76.4 Å². The summed E-state index contributed by atoms with van der Waals surface area (Å²) in [6.07, 6.45) is 8.07. The molecule has 4 aromatic rings. The molecule has 1 N–H and O–H groups in total. The van der Waals surface area contributed by atoms with Crippen LogP contribution < -0.4 is 10.9 Å². The minimum absolute atomic E-state index is 0.121. The predicted octanol–water partition coefficient (Wildman–Crippen LogP) is 4.12. The highest BCUT2D eigenvalue weighted by atomic mass is 16.1. The van der Waals surface area contributed by atoms with Crippen molar-refractivity contribution in [1.82, 2.24) is 19.7 Å². The molecule has 0 spiro atoms. The first-order chi connectivity index (χ1) is 15.0. The monoisotopic (exact) mass is 414 g/mol. The number of rotatable bonds is 7. The lowest BCUT2D eigenvalue weighted by Gasteiger charge is -2.09. The third-order valence-electron chi connectivity index (χ3n) is 5.47. The number of aryl methyl sites for hydroxylation is 1. The molecule has 158 valence electrons. The zero-order valence-electron chi connectivity index (χ0n) is 17.8. The van der Waals surface area contributed by atoms with Gasteiger partial charge in [-0.2, -0.15) is 0 Å². The molecule has 4 rings (SSSR count). The van der Waals surface area contributed by atoms with Gasteiger partial charge in [0.05, 0.1) is 10.9 Å². The summed E-state index contributed by atoms with van der Waals surface area (Å²) in [6, 6.07) is 13.1. The molecule has 6 heteroatoms. The molecule has 0 aliphatic rings. The van der Waals surface area contributed by atoms with Crippen molar-refractivity contribution >= 4 is 22.5 Å². The minimum Gasteiger partial charge on any atom is -0.352 e. The second-order valence-corrected chi connectivity index (χ2v) is 8.07. The van der Waals surface area contributed by atoms with Crippen LogP contribution in [0, 0.1) is 0 Å². The molecular weight excluding hydrogens is 388 g/mol. The van der Waals surface area contributed by atoms with Crippen LogP contribution in [0.1, 0.15) is 54.1 Å². The van der Waals surface area contributed by atoms with Crippen LogP contribution in [0.2, 0.25) is 0 Å². The van der Waals surface area contributed by atoms with Gasteiger partial charge in [-0.15, -0.1) is 0 Å². The van der Waals surface area contributed by atoms with E-state index in [-0.39, 0.29) is 11.5 Å². The van der Waals surface area contributed by atoms with Gasteiger partial charge in [0, 0.05) is 30.7 Å². The number of benzene rings is 1. The van der Waals surface area contributed by atoms with E-state index in [9.17, 15) is 9.59 Å². The van der Waals surface area contributed by atoms with E-state index in [1.807, 2.05) is 30.5 Å². The lowest BCUT2D eigenvalue weighted by atomic mass is 10.0. The Balaban J connectivity index is 1.45. The van der Waals surface area contributed by atoms with E-state index < -0.39 is 0 Å². The quantitative estimate of drug-likeness (QED) is 0.365. The molecule has 3 heterocycles. The Kier molecular flexibility index (Phi) is 6.07. The van der Waals surface area contributed by atoms with Crippen molar-refractivity contribution in [2.75, 3.05) is 6.54 Å². The summed E-state index contributed by atoms with van der Waals surface area (Å²) < 4.78 is 1.50. The largest absolute Gasteiger partial charge is 0.352 e. The van der Waals surface area contributed by atoms with Crippen LogP contribution in [-0.2, 0) is 6.42 Å². The highest BCUT2D eigenvalue weighted by Gasteiger charge is 2.11. The SMILES string of the molecule is CC(C)c1ccc2nc3cc(C(=O)NCCCCc4cccnc4)ccn3c(=O)c2c1. The molecule has 0 atom stereocenters. The molecule has 0 fully saturated rings. The van der Waals surface area contributed by atoms with Gasteiger partial charge in [-0.05, 0) is 66.6 Å². The van der Waals surface area contributed by atoms with Crippen molar-refractivity contribution in [2.24, 2.45) is 0 Å². The fourth-order valence-electron chi connectivity index (χ4n) is 3.63. The maximum atomic E-state index is 12.9. The number of aromatic nitrogens is 3. The first-order valence-corrected chi connectivity index (χ1v) is 10.7. The molecule has 0 radical (unpaired) electrons. The summed E-state index contributed by atoms with van der Waals surface area (Å²) in [7, 11) is 0. The molecule has 0 aliphatic heterocycles. The van der Waals surface area contributed by atoms with Gasteiger partial charge in [-0.25, -0.2) is 4.98 Å². The summed E-state index contributed by atoms with van der Waals surface area (Å²) in [5.74, 6) is 0.174. The van der Waals surface area contributed by atoms with Crippen molar-refractivity contribution in [3.63, 3.8) is 0 Å². The smallest absolute Gasteiger partial charge is 0.265 e. The lowest BCUT2D eigenvalue weighted by molar-refractivity contribution is 0.0953. The van der Waals surface area contributed by atoms with Gasteiger partial charge < -0.3 is 5.32 Å². The summed E-state index contributed by atoms with van der Waals surface area (Å²) >= 11 is 0. The Morgan fingerprint density at radius 2 is 2.00 bits per heavy atom. The molecule has 0 saturated carbocycles. The second-order valence-electron chi connectivity index (χ2n) is 8.07. The minimum atomic E-state index is -0.159. The van der Waals surface area contributed by atoms with Crippen molar-refractivity contribution in [3.05, 3.63) is 88.1 Å². The lowest BCUT2D eigenvalue weighted by Crippen LogP contribution is -2.25. The van der Waals surface area contributed by atoms with Gasteiger partial charge in [-0.1, -0.05) is 26.0 Å². The number of fused-ring (bicyclic) bond motifs is 2. The molecule has 0 bridgehead atoms. The van der Waals surface area contributed by atoms with Crippen LogP contribution in [0.5, 0.6) is 0 Å². The molecule has 31 heavy (non-hydrogen) atoms. The van der Waals surface area contributed by atoms with Crippen molar-refractivity contribution in [3.8, 4) is 0 Å². The summed E-state index contributed by atoms with van der Waals surface area (Å²) in [5.41, 5.74) is 3.79. The van der Waals surface area contributed by atoms with E-state index in [1.165, 1.54) is 9.96 Å². The third kappa shape index (κ3) is 4.63. The van der Waals surface area contributed by atoms with Gasteiger partial charge >= 0.3 is 0 Å². The Morgan fingerprint density at radius 1 is 1.13 bits per heavy atom. The van der Waals surface area contributed by atoms with E-state index >= 15 is 0 Å². The summed E-state index contributed by atoms with van der Waals surface area (Å²) in [5, 5.41) is 3.54. The van der Waals surface area contributed by atoms with Crippen LogP contribution in [0.3, 0.4) is 0 Å². The van der Waals surface area contributed by atoms with Crippen LogP contribution >= 0.6 is 0 Å². The number of pyridine rings is 2. The molecule has 1 amide bonds. The van der Waals surface area contributed by atoms with Crippen LogP contribution in [-0.4, -0.2) is 26.8 Å². The third-order valence-corrected chi connectivity index (χ3v) is 5.47.